The van der Waals surface area contributed by atoms with Crippen molar-refractivity contribution in [3.63, 3.8) is 0 Å². The molecule has 0 aliphatic carbocycles. The quantitative estimate of drug-likeness (QED) is 0.758. The molecule has 0 aromatic heterocycles. The summed E-state index contributed by atoms with van der Waals surface area (Å²) in [5, 5.41) is 16.8. The van der Waals surface area contributed by atoms with Crippen LogP contribution in [0.3, 0.4) is 0 Å². The minimum atomic E-state index is -0.153. The maximum absolute atomic E-state index is 8.51. The number of rotatable bonds is 3. The molecule has 0 aliphatic heterocycles. The molecular weight excluding hydrogens is 174 g/mol. The lowest BCUT2D eigenvalue weighted by Gasteiger charge is -2.18. The van der Waals surface area contributed by atoms with Crippen molar-refractivity contribution in [2.24, 2.45) is 17.3 Å². The molecule has 0 heterocycles. The number of aliphatic hydroxyl groups excluding tert-OH is 1. The Kier molecular flexibility index (Phi) is 8.88. The van der Waals surface area contributed by atoms with Crippen molar-refractivity contribution in [3.8, 4) is 6.07 Å². The molecular formula is C12H25NO. The molecule has 0 unspecified atom stereocenters. The van der Waals surface area contributed by atoms with Gasteiger partial charge in [0, 0.05) is 6.61 Å². The second kappa shape index (κ2) is 7.82. The third-order valence-corrected chi connectivity index (χ3v) is 2.44. The van der Waals surface area contributed by atoms with Gasteiger partial charge >= 0.3 is 0 Å². The van der Waals surface area contributed by atoms with E-state index >= 15 is 0 Å². The highest BCUT2D eigenvalue weighted by Gasteiger charge is 2.20. The zero-order valence-electron chi connectivity index (χ0n) is 10.5. The monoisotopic (exact) mass is 199 g/mol. The van der Waals surface area contributed by atoms with Crippen molar-refractivity contribution in [2.45, 2.75) is 48.0 Å². The Hall–Kier alpha value is -0.550. The molecule has 0 atom stereocenters. The summed E-state index contributed by atoms with van der Waals surface area (Å²) in [6, 6.07) is 2.24. The van der Waals surface area contributed by atoms with E-state index in [4.69, 9.17) is 10.4 Å². The molecule has 0 radical (unpaired) electrons. The van der Waals surface area contributed by atoms with Gasteiger partial charge in [-0.15, -0.1) is 0 Å². The van der Waals surface area contributed by atoms with E-state index in [1.54, 1.807) is 0 Å². The van der Waals surface area contributed by atoms with E-state index in [9.17, 15) is 0 Å². The van der Waals surface area contributed by atoms with Gasteiger partial charge in [-0.05, 0) is 32.1 Å². The van der Waals surface area contributed by atoms with E-state index in [1.807, 2.05) is 13.8 Å². The summed E-state index contributed by atoms with van der Waals surface area (Å²) in [4.78, 5) is 0. The van der Waals surface area contributed by atoms with Gasteiger partial charge in [-0.2, -0.15) is 5.26 Å². The highest BCUT2D eigenvalue weighted by molar-refractivity contribution is 4.93. The van der Waals surface area contributed by atoms with Crippen molar-refractivity contribution in [1.29, 1.82) is 5.26 Å². The van der Waals surface area contributed by atoms with Crippen LogP contribution in [0.15, 0.2) is 0 Å². The molecule has 0 saturated carbocycles. The Labute approximate surface area is 88.9 Å². The number of hydrogen-bond donors (Lipinski definition) is 1. The first-order valence-corrected chi connectivity index (χ1v) is 5.30. The van der Waals surface area contributed by atoms with Gasteiger partial charge in [-0.1, -0.05) is 27.7 Å². The Morgan fingerprint density at radius 2 is 1.64 bits per heavy atom. The van der Waals surface area contributed by atoms with Crippen LogP contribution in [0.1, 0.15) is 48.0 Å². The summed E-state index contributed by atoms with van der Waals surface area (Å²) < 4.78 is 0. The smallest absolute Gasteiger partial charge is 0.0686 e. The van der Waals surface area contributed by atoms with E-state index in [-0.39, 0.29) is 5.41 Å². The second-order valence-electron chi connectivity index (χ2n) is 4.89. The van der Waals surface area contributed by atoms with Gasteiger partial charge in [0.1, 0.15) is 0 Å². The number of nitrogens with zero attached hydrogens (tertiary/aromatic N) is 1. The molecule has 0 aliphatic rings. The maximum atomic E-state index is 8.51. The lowest BCUT2D eigenvalue weighted by molar-refractivity contribution is 0.268. The molecule has 0 bridgehead atoms. The minimum absolute atomic E-state index is 0.153. The zero-order chi connectivity index (χ0) is 11.8. The van der Waals surface area contributed by atoms with Gasteiger partial charge in [-0.25, -0.2) is 0 Å². The number of nitriles is 1. The molecule has 14 heavy (non-hydrogen) atoms. The van der Waals surface area contributed by atoms with Crippen LogP contribution >= 0.6 is 0 Å². The van der Waals surface area contributed by atoms with Crippen LogP contribution in [0.5, 0.6) is 0 Å². The fourth-order valence-corrected chi connectivity index (χ4v) is 0.387. The van der Waals surface area contributed by atoms with Gasteiger partial charge < -0.3 is 5.11 Å². The average molecular weight is 199 g/mol. The fraction of sp³-hybridized carbons (Fsp3) is 0.917. The van der Waals surface area contributed by atoms with E-state index in [0.717, 1.165) is 6.42 Å². The minimum Gasteiger partial charge on any atom is -0.396 e. The molecule has 0 rings (SSSR count). The topological polar surface area (TPSA) is 44.0 Å². The Bertz CT molecular complexity index is 166. The van der Waals surface area contributed by atoms with Gasteiger partial charge in [0.15, 0.2) is 0 Å². The first kappa shape index (κ1) is 15.9. The normalized spacial score (nSPS) is 10.9. The molecule has 0 spiro atoms. The van der Waals surface area contributed by atoms with E-state index in [1.165, 1.54) is 0 Å². The fourth-order valence-electron chi connectivity index (χ4n) is 0.387. The van der Waals surface area contributed by atoms with Crippen molar-refractivity contribution in [3.05, 3.63) is 0 Å². The van der Waals surface area contributed by atoms with Crippen LogP contribution in [0.2, 0.25) is 0 Å². The number of aliphatic hydroxyl groups is 1. The molecule has 1 N–H and O–H groups in total. The summed E-state index contributed by atoms with van der Waals surface area (Å²) in [7, 11) is 0. The van der Waals surface area contributed by atoms with Crippen LogP contribution in [0.25, 0.3) is 0 Å². The molecule has 2 nitrogen and oxygen atoms in total. The summed E-state index contributed by atoms with van der Waals surface area (Å²) >= 11 is 0. The third kappa shape index (κ3) is 9.54. The van der Waals surface area contributed by atoms with Gasteiger partial charge in [0.2, 0.25) is 0 Å². The summed E-state index contributed by atoms with van der Waals surface area (Å²) in [5.41, 5.74) is -0.153. The summed E-state index contributed by atoms with van der Waals surface area (Å²) in [6.45, 7) is 12.5. The lowest BCUT2D eigenvalue weighted by atomic mass is 9.83. The molecule has 84 valence electrons. The van der Waals surface area contributed by atoms with Crippen LogP contribution < -0.4 is 0 Å². The largest absolute Gasteiger partial charge is 0.396 e. The van der Waals surface area contributed by atoms with Gasteiger partial charge in [0.05, 0.1) is 11.5 Å². The molecule has 0 saturated heterocycles. The summed E-state index contributed by atoms with van der Waals surface area (Å²) in [5.74, 6) is 1.10. The highest BCUT2D eigenvalue weighted by Crippen LogP contribution is 2.23. The van der Waals surface area contributed by atoms with E-state index in [0.29, 0.717) is 18.4 Å². The standard InChI is InChI=1S/C7H13N.C5H12O/c1-6(2)7(3,4)5-8;1-5(2)3-4-6/h6H,1-4H3;5-6H,3-4H2,1-2H3. The second-order valence-corrected chi connectivity index (χ2v) is 4.89. The van der Waals surface area contributed by atoms with Crippen molar-refractivity contribution < 1.29 is 5.11 Å². The molecule has 0 aromatic carbocycles. The SMILES string of the molecule is CC(C)C(C)(C)C#N.CC(C)CCO. The number of hydrogen-bond acceptors (Lipinski definition) is 2. The van der Waals surface area contributed by atoms with Crippen molar-refractivity contribution in [1.82, 2.24) is 0 Å². The Morgan fingerprint density at radius 3 is 1.64 bits per heavy atom. The Morgan fingerprint density at radius 1 is 1.21 bits per heavy atom. The summed E-state index contributed by atoms with van der Waals surface area (Å²) in [6.07, 6.45) is 0.931. The highest BCUT2D eigenvalue weighted by atomic mass is 16.2. The third-order valence-electron chi connectivity index (χ3n) is 2.44. The van der Waals surface area contributed by atoms with Crippen molar-refractivity contribution >= 4 is 0 Å². The van der Waals surface area contributed by atoms with Crippen LogP contribution in [-0.4, -0.2) is 11.7 Å². The first-order valence-electron chi connectivity index (χ1n) is 5.30. The first-order chi connectivity index (χ1) is 6.27. The van der Waals surface area contributed by atoms with Crippen LogP contribution in [0, 0.1) is 28.6 Å². The molecule has 0 aromatic rings. The van der Waals surface area contributed by atoms with Crippen LogP contribution in [-0.2, 0) is 0 Å². The van der Waals surface area contributed by atoms with Gasteiger partial charge in [0.25, 0.3) is 0 Å². The molecule has 2 heteroatoms. The van der Waals surface area contributed by atoms with E-state index in [2.05, 4.69) is 33.8 Å². The molecule has 0 fully saturated rings. The maximum Gasteiger partial charge on any atom is 0.0686 e. The van der Waals surface area contributed by atoms with Crippen molar-refractivity contribution in [2.75, 3.05) is 6.61 Å². The van der Waals surface area contributed by atoms with Gasteiger partial charge in [-0.3, -0.25) is 0 Å². The lowest BCUT2D eigenvalue weighted by Crippen LogP contribution is -2.15. The zero-order valence-corrected chi connectivity index (χ0v) is 10.5. The average Bonchev–Trinajstić information content (AvgIpc) is 2.05. The Balaban J connectivity index is 0. The predicted octanol–water partition coefficient (Wildman–Crippen LogP) is 3.22. The van der Waals surface area contributed by atoms with E-state index < -0.39 is 0 Å². The van der Waals surface area contributed by atoms with Crippen LogP contribution in [0.4, 0.5) is 0 Å². The predicted molar refractivity (Wildman–Crippen MR) is 60.8 cm³/mol. The molecule has 0 amide bonds.